The highest BCUT2D eigenvalue weighted by Gasteiger charge is 2.25. The molecule has 2 aromatic heterocycles. The van der Waals surface area contributed by atoms with Gasteiger partial charge in [0.25, 0.3) is 0 Å². The fourth-order valence-corrected chi connectivity index (χ4v) is 6.42. The lowest BCUT2D eigenvalue weighted by Crippen LogP contribution is -2.40. The number of fused-ring (bicyclic) bond motifs is 3. The third-order valence-corrected chi connectivity index (χ3v) is 8.13. The van der Waals surface area contributed by atoms with E-state index in [2.05, 4.69) is 53.6 Å². The molecule has 2 N–H and O–H groups in total. The zero-order valence-electron chi connectivity index (χ0n) is 18.3. The van der Waals surface area contributed by atoms with E-state index < -0.39 is 0 Å². The first-order valence-corrected chi connectivity index (χ1v) is 13.2. The molecule has 3 aromatic rings. The summed E-state index contributed by atoms with van der Waals surface area (Å²) < 4.78 is 6.48. The van der Waals surface area contributed by atoms with Crippen molar-refractivity contribution >= 4 is 49.0 Å². The fraction of sp³-hybridized carbons (Fsp3) is 0.500. The first kappa shape index (κ1) is 22.2. The Morgan fingerprint density at radius 2 is 2.09 bits per heavy atom. The Kier molecular flexibility index (Phi) is 7.34. The van der Waals surface area contributed by atoms with Crippen molar-refractivity contribution in [2.45, 2.75) is 25.7 Å². The maximum Gasteiger partial charge on any atom is 0.142 e. The molecule has 0 saturated carbocycles. The number of anilines is 2. The molecule has 32 heavy (non-hydrogen) atoms. The largest absolute Gasteiger partial charge is 0.379 e. The molecule has 6 nitrogen and oxygen atoms in total. The average molecular weight is 517 g/mol. The molecule has 1 saturated heterocycles. The number of nitrogens with one attached hydrogen (secondary N) is 2. The van der Waals surface area contributed by atoms with Gasteiger partial charge in [0, 0.05) is 41.2 Å². The minimum Gasteiger partial charge on any atom is -0.379 e. The van der Waals surface area contributed by atoms with Crippen LogP contribution in [0.5, 0.6) is 0 Å². The molecule has 1 aromatic carbocycles. The third kappa shape index (κ3) is 5.31. The molecule has 1 unspecified atom stereocenters. The Labute approximate surface area is 201 Å². The number of hydrogen-bond acceptors (Lipinski definition) is 7. The molecule has 1 fully saturated rings. The Bertz CT molecular complexity index is 1050. The first-order chi connectivity index (χ1) is 15.8. The van der Waals surface area contributed by atoms with Gasteiger partial charge in [-0.1, -0.05) is 22.0 Å². The fourth-order valence-electron chi connectivity index (χ4n) is 4.72. The van der Waals surface area contributed by atoms with E-state index in [1.54, 1.807) is 6.33 Å². The molecule has 8 heteroatoms. The number of aromatic nitrogens is 2. The van der Waals surface area contributed by atoms with Crippen LogP contribution in [0.25, 0.3) is 10.2 Å². The Hall–Kier alpha value is -1.58. The van der Waals surface area contributed by atoms with Gasteiger partial charge in [-0.25, -0.2) is 9.97 Å². The summed E-state index contributed by atoms with van der Waals surface area (Å²) in [4.78, 5) is 14.3. The van der Waals surface area contributed by atoms with E-state index in [9.17, 15) is 0 Å². The number of aryl methyl sites for hydroxylation is 1. The minimum absolute atomic E-state index is 0.751. The van der Waals surface area contributed by atoms with E-state index in [4.69, 9.17) is 4.74 Å². The topological polar surface area (TPSA) is 62.3 Å². The van der Waals surface area contributed by atoms with E-state index in [0.717, 1.165) is 85.5 Å². The van der Waals surface area contributed by atoms with Crippen LogP contribution >= 0.6 is 27.3 Å². The van der Waals surface area contributed by atoms with Crippen molar-refractivity contribution in [3.8, 4) is 0 Å². The van der Waals surface area contributed by atoms with Crippen LogP contribution in [0.4, 0.5) is 11.5 Å². The summed E-state index contributed by atoms with van der Waals surface area (Å²) in [6.45, 7) is 7.20. The lowest BCUT2D eigenvalue weighted by atomic mass is 9.86. The SMILES string of the molecule is Brc1cccc(Nc2ncnc3sc4c(c23)CCC(CCNCCN2CCOCC2)C4)c1. The highest BCUT2D eigenvalue weighted by Crippen LogP contribution is 2.41. The second-order valence-corrected chi connectivity index (χ2v) is 10.6. The molecule has 1 aliphatic heterocycles. The lowest BCUT2D eigenvalue weighted by molar-refractivity contribution is 0.0384. The molecule has 3 heterocycles. The second-order valence-electron chi connectivity index (χ2n) is 8.64. The van der Waals surface area contributed by atoms with Crippen LogP contribution in [0.15, 0.2) is 35.1 Å². The van der Waals surface area contributed by atoms with E-state index in [1.807, 2.05) is 23.5 Å². The Morgan fingerprint density at radius 3 is 2.97 bits per heavy atom. The summed E-state index contributed by atoms with van der Waals surface area (Å²) >= 11 is 5.41. The van der Waals surface area contributed by atoms with Crippen LogP contribution in [0.3, 0.4) is 0 Å². The number of halogens is 1. The predicted molar refractivity (Wildman–Crippen MR) is 135 cm³/mol. The number of benzene rings is 1. The van der Waals surface area contributed by atoms with Gasteiger partial charge in [-0.05, 0) is 61.9 Å². The van der Waals surface area contributed by atoms with E-state index in [-0.39, 0.29) is 0 Å². The monoisotopic (exact) mass is 515 g/mol. The zero-order chi connectivity index (χ0) is 21.8. The van der Waals surface area contributed by atoms with Crippen molar-refractivity contribution in [2.24, 2.45) is 5.92 Å². The Balaban J connectivity index is 1.18. The average Bonchev–Trinajstić information content (AvgIpc) is 3.18. The molecular formula is C24H30BrN5OS. The summed E-state index contributed by atoms with van der Waals surface area (Å²) in [5, 5.41) is 8.39. The van der Waals surface area contributed by atoms with Crippen LogP contribution in [0, 0.1) is 5.92 Å². The summed E-state index contributed by atoms with van der Waals surface area (Å²) in [5.74, 6) is 1.68. The molecule has 0 amide bonds. The molecule has 0 bridgehead atoms. The number of thiophene rings is 1. The number of hydrogen-bond donors (Lipinski definition) is 2. The van der Waals surface area contributed by atoms with Gasteiger partial charge in [-0.2, -0.15) is 0 Å². The summed E-state index contributed by atoms with van der Waals surface area (Å²) in [7, 11) is 0. The second kappa shape index (κ2) is 10.6. The maximum atomic E-state index is 5.42. The highest BCUT2D eigenvalue weighted by atomic mass is 79.9. The predicted octanol–water partition coefficient (Wildman–Crippen LogP) is 4.61. The van der Waals surface area contributed by atoms with Crippen molar-refractivity contribution < 1.29 is 4.74 Å². The molecular weight excluding hydrogens is 486 g/mol. The molecule has 1 atom stereocenters. The molecule has 2 aliphatic rings. The normalized spacial score (nSPS) is 19.2. The molecule has 1 aliphatic carbocycles. The van der Waals surface area contributed by atoms with Gasteiger partial charge in [0.05, 0.1) is 18.6 Å². The van der Waals surface area contributed by atoms with E-state index in [0.29, 0.717) is 0 Å². The molecule has 5 rings (SSSR count). The van der Waals surface area contributed by atoms with Gasteiger partial charge < -0.3 is 15.4 Å². The standard InChI is InChI=1S/C24H30BrN5OS/c25-18-2-1-3-19(15-18)29-23-22-20-5-4-17(14-21(20)32-24(22)28-16-27-23)6-7-26-8-9-30-10-12-31-13-11-30/h1-3,15-17,26H,4-14H2,(H,27,28,29). The highest BCUT2D eigenvalue weighted by molar-refractivity contribution is 9.10. The van der Waals surface area contributed by atoms with Crippen molar-refractivity contribution in [1.29, 1.82) is 0 Å². The summed E-state index contributed by atoms with van der Waals surface area (Å²) in [6, 6.07) is 8.22. The van der Waals surface area contributed by atoms with E-state index >= 15 is 0 Å². The smallest absolute Gasteiger partial charge is 0.142 e. The van der Waals surface area contributed by atoms with Crippen molar-refractivity contribution in [1.82, 2.24) is 20.2 Å². The van der Waals surface area contributed by atoms with Gasteiger partial charge in [-0.15, -0.1) is 11.3 Å². The molecule has 0 radical (unpaired) electrons. The molecule has 0 spiro atoms. The third-order valence-electron chi connectivity index (χ3n) is 6.47. The number of ether oxygens (including phenoxy) is 1. The molecule has 170 valence electrons. The van der Waals surface area contributed by atoms with Crippen LogP contribution in [-0.4, -0.2) is 60.8 Å². The van der Waals surface area contributed by atoms with Crippen molar-refractivity contribution in [2.75, 3.05) is 51.3 Å². The van der Waals surface area contributed by atoms with Crippen LogP contribution in [-0.2, 0) is 17.6 Å². The van der Waals surface area contributed by atoms with Crippen LogP contribution < -0.4 is 10.6 Å². The minimum atomic E-state index is 0.751. The van der Waals surface area contributed by atoms with Gasteiger partial charge in [0.1, 0.15) is 17.0 Å². The number of rotatable bonds is 8. The van der Waals surface area contributed by atoms with Crippen LogP contribution in [0.1, 0.15) is 23.3 Å². The van der Waals surface area contributed by atoms with Gasteiger partial charge in [-0.3, -0.25) is 4.90 Å². The number of morpholine rings is 1. The maximum absolute atomic E-state index is 5.42. The summed E-state index contributed by atoms with van der Waals surface area (Å²) in [5.41, 5.74) is 2.50. The van der Waals surface area contributed by atoms with E-state index in [1.165, 1.54) is 28.7 Å². The van der Waals surface area contributed by atoms with Crippen molar-refractivity contribution in [3.63, 3.8) is 0 Å². The zero-order valence-corrected chi connectivity index (χ0v) is 20.7. The van der Waals surface area contributed by atoms with Crippen LogP contribution in [0.2, 0.25) is 0 Å². The van der Waals surface area contributed by atoms with Gasteiger partial charge >= 0.3 is 0 Å². The summed E-state index contributed by atoms with van der Waals surface area (Å²) in [6.07, 6.45) is 6.45. The van der Waals surface area contributed by atoms with Gasteiger partial charge in [0.15, 0.2) is 0 Å². The quantitative estimate of drug-likeness (QED) is 0.427. The van der Waals surface area contributed by atoms with Gasteiger partial charge in [0.2, 0.25) is 0 Å². The number of nitrogens with zero attached hydrogens (tertiary/aromatic N) is 3. The van der Waals surface area contributed by atoms with Crippen molar-refractivity contribution in [3.05, 3.63) is 45.5 Å². The Morgan fingerprint density at radius 1 is 1.19 bits per heavy atom. The first-order valence-electron chi connectivity index (χ1n) is 11.5. The lowest BCUT2D eigenvalue weighted by Gasteiger charge is -2.27.